The quantitative estimate of drug-likeness (QED) is 0.393. The minimum atomic E-state index is -3.72. The Morgan fingerprint density at radius 1 is 0.806 bits per heavy atom. The fourth-order valence-corrected chi connectivity index (χ4v) is 6.53. The fourth-order valence-electron chi connectivity index (χ4n) is 4.99. The van der Waals surface area contributed by atoms with E-state index in [2.05, 4.69) is 5.32 Å². The van der Waals surface area contributed by atoms with Crippen LogP contribution in [0.1, 0.15) is 29.0 Å². The molecule has 4 aromatic carbocycles. The van der Waals surface area contributed by atoms with Crippen LogP contribution in [0.3, 0.4) is 0 Å². The van der Waals surface area contributed by atoms with Gasteiger partial charge in [-0.15, -0.1) is 0 Å². The van der Waals surface area contributed by atoms with Gasteiger partial charge in [0.1, 0.15) is 11.5 Å². The Morgan fingerprint density at radius 3 is 2.11 bits per heavy atom. The lowest BCUT2D eigenvalue weighted by Crippen LogP contribution is -2.35. The van der Waals surface area contributed by atoms with Crippen LogP contribution in [0, 0.1) is 0 Å². The zero-order valence-electron chi connectivity index (χ0n) is 19.4. The summed E-state index contributed by atoms with van der Waals surface area (Å²) in [5, 5.41) is 2.96. The number of hydrogen-bond donors (Lipinski definition) is 1. The van der Waals surface area contributed by atoms with E-state index in [1.807, 2.05) is 72.8 Å². The fraction of sp³-hybridized carbons (Fsp3) is 0.138. The number of fused-ring (bicyclic) bond motifs is 3. The molecule has 0 bridgehead atoms. The minimum absolute atomic E-state index is 0.193. The number of ether oxygens (including phenoxy) is 1. The van der Waals surface area contributed by atoms with E-state index in [0.717, 1.165) is 35.2 Å². The number of anilines is 2. The van der Waals surface area contributed by atoms with E-state index < -0.39 is 15.9 Å². The van der Waals surface area contributed by atoms with Crippen LogP contribution >= 0.6 is 0 Å². The summed E-state index contributed by atoms with van der Waals surface area (Å²) in [6, 6.07) is 29.0. The van der Waals surface area contributed by atoms with Crippen molar-refractivity contribution in [3.05, 3.63) is 114 Å². The van der Waals surface area contributed by atoms with Crippen LogP contribution < -0.4 is 14.4 Å². The lowest BCUT2D eigenvalue weighted by Gasteiger charge is -2.30. The maximum atomic E-state index is 13.5. The minimum Gasteiger partial charge on any atom is -0.457 e. The number of nitrogens with one attached hydrogen (secondary N) is 1. The Morgan fingerprint density at radius 2 is 1.42 bits per heavy atom. The monoisotopic (exact) mass is 496 g/mol. The molecule has 0 fully saturated rings. The second kappa shape index (κ2) is 8.84. The molecule has 6 nitrogen and oxygen atoms in total. The van der Waals surface area contributed by atoms with Gasteiger partial charge in [0, 0.05) is 23.4 Å². The Labute approximate surface area is 210 Å². The maximum absolute atomic E-state index is 13.5. The number of carbonyl (C=O) groups is 1. The second-order valence-electron chi connectivity index (χ2n) is 8.93. The smallest absolute Gasteiger partial charge is 0.264 e. The number of benzene rings is 4. The molecular formula is C29H24N2O4S. The Balaban J connectivity index is 1.27. The molecule has 0 aliphatic carbocycles. The zero-order chi connectivity index (χ0) is 24.7. The average Bonchev–Trinajstić information content (AvgIpc) is 2.91. The van der Waals surface area contributed by atoms with Crippen LogP contribution in [-0.4, -0.2) is 20.9 Å². The zero-order valence-corrected chi connectivity index (χ0v) is 20.2. The van der Waals surface area contributed by atoms with Gasteiger partial charge in [-0.25, -0.2) is 8.42 Å². The number of rotatable bonds is 4. The largest absolute Gasteiger partial charge is 0.457 e. The summed E-state index contributed by atoms with van der Waals surface area (Å²) < 4.78 is 34.3. The molecule has 180 valence electrons. The third-order valence-electron chi connectivity index (χ3n) is 6.72. The van der Waals surface area contributed by atoms with E-state index >= 15 is 0 Å². The van der Waals surface area contributed by atoms with E-state index in [-0.39, 0.29) is 10.8 Å². The van der Waals surface area contributed by atoms with Crippen molar-refractivity contribution in [2.45, 2.75) is 23.7 Å². The van der Waals surface area contributed by atoms with Gasteiger partial charge in [-0.1, -0.05) is 54.6 Å². The molecule has 36 heavy (non-hydrogen) atoms. The van der Waals surface area contributed by atoms with Crippen molar-refractivity contribution in [2.24, 2.45) is 0 Å². The van der Waals surface area contributed by atoms with Gasteiger partial charge < -0.3 is 10.1 Å². The summed E-state index contributed by atoms with van der Waals surface area (Å²) in [5.41, 5.74) is 3.87. The van der Waals surface area contributed by atoms with Crippen LogP contribution in [0.25, 0.3) is 0 Å². The molecule has 1 N–H and O–H groups in total. The molecule has 0 saturated heterocycles. The van der Waals surface area contributed by atoms with Crippen molar-refractivity contribution in [3.8, 4) is 11.5 Å². The lowest BCUT2D eigenvalue weighted by molar-refractivity contribution is -0.116. The lowest BCUT2D eigenvalue weighted by atomic mass is 9.87. The summed E-state index contributed by atoms with van der Waals surface area (Å²) in [4.78, 5) is 13.7. The highest BCUT2D eigenvalue weighted by molar-refractivity contribution is 7.92. The van der Waals surface area contributed by atoms with E-state index in [4.69, 9.17) is 4.74 Å². The Hall–Kier alpha value is -4.10. The molecule has 0 spiro atoms. The molecule has 0 aromatic heterocycles. The van der Waals surface area contributed by atoms with Gasteiger partial charge in [0.25, 0.3) is 10.0 Å². The number of amides is 1. The molecule has 2 heterocycles. The van der Waals surface area contributed by atoms with Gasteiger partial charge in [-0.3, -0.25) is 9.10 Å². The molecule has 2 aliphatic heterocycles. The first-order valence-corrected chi connectivity index (χ1v) is 13.3. The molecule has 4 aromatic rings. The summed E-state index contributed by atoms with van der Waals surface area (Å²) in [6.07, 6.45) is 1.64. The summed E-state index contributed by atoms with van der Waals surface area (Å²) in [6.45, 7) is 0.445. The SMILES string of the molecule is O=C(Nc1ccc(S(=O)(=O)N2CCCc3ccccc32)cc1)C1c2ccccc2Oc2ccccc21. The number of aryl methyl sites for hydroxylation is 1. The third kappa shape index (κ3) is 3.82. The first-order chi connectivity index (χ1) is 17.5. The molecular weight excluding hydrogens is 472 g/mol. The molecule has 0 unspecified atom stereocenters. The Kier molecular flexibility index (Phi) is 5.49. The van der Waals surface area contributed by atoms with Crippen LogP contribution in [0.15, 0.2) is 102 Å². The van der Waals surface area contributed by atoms with Crippen molar-refractivity contribution in [1.29, 1.82) is 0 Å². The van der Waals surface area contributed by atoms with E-state index in [9.17, 15) is 13.2 Å². The second-order valence-corrected chi connectivity index (χ2v) is 10.8. The normalized spacial score (nSPS) is 14.7. The molecule has 0 radical (unpaired) electrons. The first-order valence-electron chi connectivity index (χ1n) is 11.9. The predicted molar refractivity (Wildman–Crippen MR) is 139 cm³/mol. The van der Waals surface area contributed by atoms with Gasteiger partial charge in [0.05, 0.1) is 16.5 Å². The van der Waals surface area contributed by atoms with Gasteiger partial charge in [0.2, 0.25) is 5.91 Å². The number of nitrogens with zero attached hydrogens (tertiary/aromatic N) is 1. The average molecular weight is 497 g/mol. The number of sulfonamides is 1. The maximum Gasteiger partial charge on any atom is 0.264 e. The number of para-hydroxylation sites is 3. The van der Waals surface area contributed by atoms with Crippen LogP contribution in [-0.2, 0) is 21.2 Å². The van der Waals surface area contributed by atoms with Crippen LogP contribution in [0.2, 0.25) is 0 Å². The van der Waals surface area contributed by atoms with E-state index in [1.165, 1.54) is 4.31 Å². The highest BCUT2D eigenvalue weighted by Crippen LogP contribution is 2.44. The summed E-state index contributed by atoms with van der Waals surface area (Å²) in [7, 11) is -3.72. The summed E-state index contributed by atoms with van der Waals surface area (Å²) in [5.74, 6) is 0.553. The molecule has 1 amide bonds. The molecule has 0 saturated carbocycles. The van der Waals surface area contributed by atoms with Crippen molar-refractivity contribution in [1.82, 2.24) is 0 Å². The molecule has 7 heteroatoms. The Bertz CT molecular complexity index is 1520. The molecule has 6 rings (SSSR count). The van der Waals surface area contributed by atoms with Crippen LogP contribution in [0.5, 0.6) is 11.5 Å². The van der Waals surface area contributed by atoms with Crippen molar-refractivity contribution in [2.75, 3.05) is 16.2 Å². The van der Waals surface area contributed by atoms with Gasteiger partial charge in [-0.2, -0.15) is 0 Å². The van der Waals surface area contributed by atoms with Gasteiger partial charge in [0.15, 0.2) is 0 Å². The van der Waals surface area contributed by atoms with E-state index in [0.29, 0.717) is 23.7 Å². The molecule has 0 atom stereocenters. The predicted octanol–water partition coefficient (Wildman–Crippen LogP) is 5.70. The van der Waals surface area contributed by atoms with Crippen molar-refractivity contribution >= 4 is 27.3 Å². The number of hydrogen-bond acceptors (Lipinski definition) is 4. The topological polar surface area (TPSA) is 75.7 Å². The van der Waals surface area contributed by atoms with Gasteiger partial charge >= 0.3 is 0 Å². The standard InChI is InChI=1S/C29H24N2O4S/c32-29(28-23-10-2-5-13-26(23)35-27-14-6-3-11-24(27)28)30-21-15-17-22(18-16-21)36(33,34)31-19-7-9-20-8-1-4-12-25(20)31/h1-6,8,10-18,28H,7,9,19H2,(H,30,32). The van der Waals surface area contributed by atoms with Crippen molar-refractivity contribution < 1.29 is 17.9 Å². The van der Waals surface area contributed by atoms with E-state index in [1.54, 1.807) is 24.3 Å². The highest BCUT2D eigenvalue weighted by Gasteiger charge is 2.33. The van der Waals surface area contributed by atoms with Gasteiger partial charge in [-0.05, 0) is 60.9 Å². The molecule has 2 aliphatic rings. The number of carbonyl (C=O) groups excluding carboxylic acids is 1. The summed E-state index contributed by atoms with van der Waals surface area (Å²) >= 11 is 0. The van der Waals surface area contributed by atoms with Crippen LogP contribution in [0.4, 0.5) is 11.4 Å². The van der Waals surface area contributed by atoms with Crippen molar-refractivity contribution in [3.63, 3.8) is 0 Å². The third-order valence-corrected chi connectivity index (χ3v) is 8.55. The highest BCUT2D eigenvalue weighted by atomic mass is 32.2. The first kappa shape index (κ1) is 22.4.